The molecule has 3 nitrogen and oxygen atoms in total. The van der Waals surface area contributed by atoms with Gasteiger partial charge in [0.2, 0.25) is 0 Å². The van der Waals surface area contributed by atoms with Gasteiger partial charge in [-0.05, 0) is 13.8 Å². The second-order valence-electron chi connectivity index (χ2n) is 2.71. The molecule has 0 saturated heterocycles. The molecule has 74 valence electrons. The highest BCUT2D eigenvalue weighted by Crippen LogP contribution is 1.95. The molecule has 0 spiro atoms. The van der Waals surface area contributed by atoms with Crippen LogP contribution in [0.5, 0.6) is 0 Å². The van der Waals surface area contributed by atoms with E-state index in [-0.39, 0.29) is 11.9 Å². The number of ether oxygens (including phenoxy) is 1. The topological polar surface area (TPSA) is 38.3 Å². The molecule has 0 saturated carbocycles. The third kappa shape index (κ3) is 6.18. The predicted molar refractivity (Wildman–Crippen MR) is 52.1 cm³/mol. The van der Waals surface area contributed by atoms with Crippen molar-refractivity contribution in [2.45, 2.75) is 20.8 Å². The van der Waals surface area contributed by atoms with Gasteiger partial charge < -0.3 is 10.1 Å². The number of nitrogens with one attached hydrogen (secondary N) is 1. The normalized spacial score (nSPS) is 11.3. The molecule has 0 heterocycles. The third-order valence-electron chi connectivity index (χ3n) is 1.53. The minimum absolute atomic E-state index is 0.0985. The molecule has 3 heteroatoms. The van der Waals surface area contributed by atoms with E-state index in [1.54, 1.807) is 13.8 Å². The molecule has 0 aliphatic rings. The Bertz CT molecular complexity index is 203. The minimum atomic E-state index is -0.153. The number of carbonyl (C=O) groups is 1. The lowest BCUT2D eigenvalue weighted by molar-refractivity contribution is -0.147. The van der Waals surface area contributed by atoms with Gasteiger partial charge in [0, 0.05) is 6.54 Å². The van der Waals surface area contributed by atoms with Gasteiger partial charge in [0.1, 0.15) is 0 Å². The van der Waals surface area contributed by atoms with E-state index >= 15 is 0 Å². The molecule has 0 bridgehead atoms. The zero-order valence-electron chi connectivity index (χ0n) is 8.52. The van der Waals surface area contributed by atoms with Crippen molar-refractivity contribution in [1.82, 2.24) is 5.32 Å². The number of esters is 1. The standard InChI is InChI=1S/C10H17NO2/c1-4-6-7-11-8-9(3)10(12)13-5-2/h9,11H,5,7-8H2,1-3H3. The van der Waals surface area contributed by atoms with Crippen molar-refractivity contribution in [3.63, 3.8) is 0 Å². The highest BCUT2D eigenvalue weighted by Gasteiger charge is 2.12. The lowest BCUT2D eigenvalue weighted by Crippen LogP contribution is -2.28. The van der Waals surface area contributed by atoms with Crippen LogP contribution in [0.4, 0.5) is 0 Å². The van der Waals surface area contributed by atoms with Crippen molar-refractivity contribution < 1.29 is 9.53 Å². The molecule has 1 atom stereocenters. The molecule has 0 rings (SSSR count). The Morgan fingerprint density at radius 2 is 2.31 bits per heavy atom. The van der Waals surface area contributed by atoms with Crippen molar-refractivity contribution in [3.8, 4) is 11.8 Å². The van der Waals surface area contributed by atoms with Crippen LogP contribution < -0.4 is 5.32 Å². The highest BCUT2D eigenvalue weighted by molar-refractivity contribution is 5.72. The molecule has 0 fully saturated rings. The first kappa shape index (κ1) is 12.0. The van der Waals surface area contributed by atoms with Gasteiger partial charge in [-0.25, -0.2) is 0 Å². The summed E-state index contributed by atoms with van der Waals surface area (Å²) in [5.41, 5.74) is 0. The van der Waals surface area contributed by atoms with E-state index < -0.39 is 0 Å². The Balaban J connectivity index is 3.53. The van der Waals surface area contributed by atoms with Crippen LogP contribution in [0.15, 0.2) is 0 Å². The van der Waals surface area contributed by atoms with Crippen LogP contribution in [0.1, 0.15) is 20.8 Å². The molecule has 0 aliphatic carbocycles. The molecule has 0 aromatic carbocycles. The third-order valence-corrected chi connectivity index (χ3v) is 1.53. The van der Waals surface area contributed by atoms with Gasteiger partial charge in [0.05, 0.1) is 19.1 Å². The number of hydrogen-bond acceptors (Lipinski definition) is 3. The van der Waals surface area contributed by atoms with Crippen molar-refractivity contribution >= 4 is 5.97 Å². The summed E-state index contributed by atoms with van der Waals surface area (Å²) in [6.07, 6.45) is 0. The fraction of sp³-hybridized carbons (Fsp3) is 0.700. The van der Waals surface area contributed by atoms with Crippen molar-refractivity contribution in [1.29, 1.82) is 0 Å². The van der Waals surface area contributed by atoms with E-state index in [1.165, 1.54) is 0 Å². The van der Waals surface area contributed by atoms with E-state index in [2.05, 4.69) is 17.2 Å². The summed E-state index contributed by atoms with van der Waals surface area (Å²) in [5.74, 6) is 5.38. The van der Waals surface area contributed by atoms with E-state index in [0.29, 0.717) is 19.7 Å². The highest BCUT2D eigenvalue weighted by atomic mass is 16.5. The SMILES string of the molecule is CC#CCNCC(C)C(=O)OCC. The van der Waals surface area contributed by atoms with Crippen LogP contribution in [0.25, 0.3) is 0 Å². The molecule has 13 heavy (non-hydrogen) atoms. The summed E-state index contributed by atoms with van der Waals surface area (Å²) in [6, 6.07) is 0. The Kier molecular flexibility index (Phi) is 7.04. The summed E-state index contributed by atoms with van der Waals surface area (Å²) in [6.45, 7) is 7.12. The first-order chi connectivity index (χ1) is 6.22. The predicted octanol–water partition coefficient (Wildman–Crippen LogP) is 0.798. The molecule has 0 amide bonds. The van der Waals surface area contributed by atoms with Crippen molar-refractivity contribution in [2.24, 2.45) is 5.92 Å². The van der Waals surface area contributed by atoms with E-state index in [0.717, 1.165) is 0 Å². The molecule has 1 unspecified atom stereocenters. The molecular formula is C10H17NO2. The molecule has 0 aromatic heterocycles. The van der Waals surface area contributed by atoms with Crippen LogP contribution in [0.2, 0.25) is 0 Å². The van der Waals surface area contributed by atoms with Crippen LogP contribution in [-0.2, 0) is 9.53 Å². The van der Waals surface area contributed by atoms with Crippen LogP contribution in [0, 0.1) is 17.8 Å². The number of hydrogen-bond donors (Lipinski definition) is 1. The van der Waals surface area contributed by atoms with Gasteiger partial charge >= 0.3 is 5.97 Å². The van der Waals surface area contributed by atoms with Gasteiger partial charge in [-0.3, -0.25) is 4.79 Å². The van der Waals surface area contributed by atoms with Gasteiger partial charge in [0.25, 0.3) is 0 Å². The smallest absolute Gasteiger partial charge is 0.309 e. The average Bonchev–Trinajstić information content (AvgIpc) is 2.12. The Morgan fingerprint density at radius 3 is 2.85 bits per heavy atom. The quantitative estimate of drug-likeness (QED) is 0.389. The summed E-state index contributed by atoms with van der Waals surface area (Å²) >= 11 is 0. The first-order valence-corrected chi connectivity index (χ1v) is 4.49. The Labute approximate surface area is 79.8 Å². The monoisotopic (exact) mass is 183 g/mol. The zero-order chi connectivity index (χ0) is 10.1. The molecule has 1 N–H and O–H groups in total. The zero-order valence-corrected chi connectivity index (χ0v) is 8.52. The van der Waals surface area contributed by atoms with Gasteiger partial charge in [-0.2, -0.15) is 0 Å². The van der Waals surface area contributed by atoms with Crippen LogP contribution in [0.3, 0.4) is 0 Å². The molecule has 0 radical (unpaired) electrons. The van der Waals surface area contributed by atoms with Crippen molar-refractivity contribution in [3.05, 3.63) is 0 Å². The van der Waals surface area contributed by atoms with Crippen molar-refractivity contribution in [2.75, 3.05) is 19.7 Å². The van der Waals surface area contributed by atoms with Gasteiger partial charge in [0.15, 0.2) is 0 Å². The molecular weight excluding hydrogens is 166 g/mol. The van der Waals surface area contributed by atoms with E-state index in [4.69, 9.17) is 4.74 Å². The second-order valence-corrected chi connectivity index (χ2v) is 2.71. The average molecular weight is 183 g/mol. The number of carbonyl (C=O) groups excluding carboxylic acids is 1. The van der Waals surface area contributed by atoms with Gasteiger partial charge in [-0.1, -0.05) is 12.8 Å². The summed E-state index contributed by atoms with van der Waals surface area (Å²) in [4.78, 5) is 11.1. The maximum absolute atomic E-state index is 11.1. The fourth-order valence-electron chi connectivity index (χ4n) is 0.807. The fourth-order valence-corrected chi connectivity index (χ4v) is 0.807. The summed E-state index contributed by atoms with van der Waals surface area (Å²) in [5, 5.41) is 3.05. The largest absolute Gasteiger partial charge is 0.466 e. The van der Waals surface area contributed by atoms with E-state index in [1.807, 2.05) is 6.92 Å². The first-order valence-electron chi connectivity index (χ1n) is 4.49. The maximum atomic E-state index is 11.1. The minimum Gasteiger partial charge on any atom is -0.466 e. The maximum Gasteiger partial charge on any atom is 0.309 e. The lowest BCUT2D eigenvalue weighted by Gasteiger charge is -2.09. The van der Waals surface area contributed by atoms with Crippen LogP contribution >= 0.6 is 0 Å². The summed E-state index contributed by atoms with van der Waals surface area (Å²) < 4.78 is 4.85. The lowest BCUT2D eigenvalue weighted by atomic mass is 10.2. The van der Waals surface area contributed by atoms with Gasteiger partial charge in [-0.15, -0.1) is 5.92 Å². The Hall–Kier alpha value is -1.01. The molecule has 0 aliphatic heterocycles. The second kappa shape index (κ2) is 7.63. The number of rotatable bonds is 5. The van der Waals surface area contributed by atoms with Crippen LogP contribution in [-0.4, -0.2) is 25.7 Å². The summed E-state index contributed by atoms with van der Waals surface area (Å²) in [7, 11) is 0. The van der Waals surface area contributed by atoms with E-state index in [9.17, 15) is 4.79 Å². The molecule has 0 aromatic rings. The Morgan fingerprint density at radius 1 is 1.62 bits per heavy atom.